The first-order valence-corrected chi connectivity index (χ1v) is 8.93. The van der Waals surface area contributed by atoms with E-state index < -0.39 is 0 Å². The number of carbonyl (C=O) groups is 1. The van der Waals surface area contributed by atoms with Crippen molar-refractivity contribution >= 4 is 35.8 Å². The smallest absolute Gasteiger partial charge is 0.239 e. The fourth-order valence-electron chi connectivity index (χ4n) is 2.61. The molecule has 0 bridgehead atoms. The molecule has 0 atom stereocenters. The highest BCUT2D eigenvalue weighted by Gasteiger charge is 2.15. The quantitative estimate of drug-likeness (QED) is 0.216. The summed E-state index contributed by atoms with van der Waals surface area (Å²) in [5.74, 6) is 1.27. The first kappa shape index (κ1) is 23.4. The summed E-state index contributed by atoms with van der Waals surface area (Å²) in [5.41, 5.74) is 0. The lowest BCUT2D eigenvalue weighted by Crippen LogP contribution is -2.46. The van der Waals surface area contributed by atoms with E-state index in [1.54, 1.807) is 7.05 Å². The zero-order valence-electron chi connectivity index (χ0n) is 15.4. The summed E-state index contributed by atoms with van der Waals surface area (Å²) in [6, 6.07) is 0.353. The topological polar surface area (TPSA) is 74.8 Å². The second kappa shape index (κ2) is 14.7. The van der Waals surface area contributed by atoms with Crippen molar-refractivity contribution in [3.8, 4) is 0 Å². The third kappa shape index (κ3) is 11.9. The van der Waals surface area contributed by atoms with Crippen molar-refractivity contribution in [2.75, 3.05) is 33.4 Å². The maximum Gasteiger partial charge on any atom is 0.239 e. The van der Waals surface area contributed by atoms with Crippen LogP contribution in [0, 0.1) is 5.92 Å². The summed E-state index contributed by atoms with van der Waals surface area (Å²) in [6.45, 7) is 6.87. The molecule has 1 saturated carbocycles. The number of nitrogens with zero attached hydrogens (tertiary/aromatic N) is 1. The number of ether oxygens (including phenoxy) is 1. The van der Waals surface area contributed by atoms with Gasteiger partial charge >= 0.3 is 0 Å². The van der Waals surface area contributed by atoms with Crippen LogP contribution in [-0.2, 0) is 9.53 Å². The molecule has 0 heterocycles. The minimum atomic E-state index is 0. The van der Waals surface area contributed by atoms with E-state index in [4.69, 9.17) is 4.74 Å². The Bertz CT molecular complexity index is 358. The monoisotopic (exact) mass is 454 g/mol. The van der Waals surface area contributed by atoms with Gasteiger partial charge in [0.2, 0.25) is 5.91 Å². The van der Waals surface area contributed by atoms with Gasteiger partial charge in [0, 0.05) is 32.8 Å². The average Bonchev–Trinajstić information content (AvgIpc) is 2.54. The molecule has 0 aromatic rings. The molecule has 0 spiro atoms. The van der Waals surface area contributed by atoms with Crippen LogP contribution in [0.2, 0.25) is 0 Å². The Labute approximate surface area is 164 Å². The van der Waals surface area contributed by atoms with Crippen LogP contribution in [0.1, 0.15) is 52.4 Å². The molecule has 6 nitrogen and oxygen atoms in total. The number of hydrogen-bond acceptors (Lipinski definition) is 3. The molecule has 1 fully saturated rings. The maximum absolute atomic E-state index is 11.9. The summed E-state index contributed by atoms with van der Waals surface area (Å²) >= 11 is 0. The molecular formula is C17H35IN4O2. The van der Waals surface area contributed by atoms with Crippen LogP contribution in [0.25, 0.3) is 0 Å². The van der Waals surface area contributed by atoms with Gasteiger partial charge in [0.25, 0.3) is 0 Å². The maximum atomic E-state index is 11.9. The van der Waals surface area contributed by atoms with E-state index in [1.165, 1.54) is 19.3 Å². The normalized spacial score (nSPS) is 15.8. The highest BCUT2D eigenvalue weighted by molar-refractivity contribution is 14.0. The molecule has 3 N–H and O–H groups in total. The number of nitrogens with one attached hydrogen (secondary N) is 3. The van der Waals surface area contributed by atoms with Gasteiger partial charge in [-0.15, -0.1) is 24.0 Å². The van der Waals surface area contributed by atoms with Gasteiger partial charge in [0.05, 0.1) is 6.54 Å². The second-order valence-corrected chi connectivity index (χ2v) is 6.58. The molecule has 1 amide bonds. The molecule has 1 aliphatic rings. The fourth-order valence-corrected chi connectivity index (χ4v) is 2.61. The molecule has 0 radical (unpaired) electrons. The fraction of sp³-hybridized carbons (Fsp3) is 0.882. The van der Waals surface area contributed by atoms with E-state index in [1.807, 2.05) is 0 Å². The predicted molar refractivity (Wildman–Crippen MR) is 110 cm³/mol. The summed E-state index contributed by atoms with van der Waals surface area (Å²) in [6.07, 6.45) is 6.87. The van der Waals surface area contributed by atoms with Crippen LogP contribution in [0.3, 0.4) is 0 Å². The Morgan fingerprint density at radius 3 is 2.54 bits per heavy atom. The minimum Gasteiger partial charge on any atom is -0.381 e. The van der Waals surface area contributed by atoms with E-state index in [0.717, 1.165) is 39.0 Å². The Hall–Kier alpha value is -0.570. The van der Waals surface area contributed by atoms with Gasteiger partial charge in [-0.1, -0.05) is 33.1 Å². The molecule has 24 heavy (non-hydrogen) atoms. The molecule has 1 aliphatic carbocycles. The standard InChI is InChI=1S/C17H34N4O2.HI/c1-14(2)13-23-11-7-10-19-17(18-3)20-12-16(22)21-15-8-5-4-6-9-15;/h14-15H,4-13H2,1-3H3,(H,21,22)(H2,18,19,20);1H. The number of hydrogen-bond donors (Lipinski definition) is 3. The third-order valence-corrected chi connectivity index (χ3v) is 3.82. The largest absolute Gasteiger partial charge is 0.381 e. The number of aliphatic imine (C=N–C) groups is 1. The minimum absolute atomic E-state index is 0. The number of halogens is 1. The Morgan fingerprint density at radius 2 is 1.92 bits per heavy atom. The van der Waals surface area contributed by atoms with Crippen LogP contribution in [0.5, 0.6) is 0 Å². The summed E-state index contributed by atoms with van der Waals surface area (Å²) < 4.78 is 5.53. The van der Waals surface area contributed by atoms with Crippen molar-refractivity contribution in [2.24, 2.45) is 10.9 Å². The molecular weight excluding hydrogens is 419 g/mol. The van der Waals surface area contributed by atoms with Crippen molar-refractivity contribution in [3.63, 3.8) is 0 Å². The zero-order valence-corrected chi connectivity index (χ0v) is 17.7. The lowest BCUT2D eigenvalue weighted by Gasteiger charge is -2.23. The molecule has 142 valence electrons. The average molecular weight is 454 g/mol. The highest BCUT2D eigenvalue weighted by Crippen LogP contribution is 2.16. The van der Waals surface area contributed by atoms with E-state index in [0.29, 0.717) is 17.9 Å². The molecule has 7 heteroatoms. The van der Waals surface area contributed by atoms with Crippen molar-refractivity contribution < 1.29 is 9.53 Å². The Balaban J connectivity index is 0.00000529. The van der Waals surface area contributed by atoms with Gasteiger partial charge in [-0.05, 0) is 25.2 Å². The molecule has 0 saturated heterocycles. The SMILES string of the molecule is CN=C(NCCCOCC(C)C)NCC(=O)NC1CCCCC1.I. The molecule has 0 aromatic carbocycles. The Kier molecular flexibility index (Phi) is 14.4. The molecule has 0 aliphatic heterocycles. The van der Waals surface area contributed by atoms with Gasteiger partial charge in [0.1, 0.15) is 0 Å². The second-order valence-electron chi connectivity index (χ2n) is 6.58. The van der Waals surface area contributed by atoms with Crippen molar-refractivity contribution in [2.45, 2.75) is 58.4 Å². The van der Waals surface area contributed by atoms with Gasteiger partial charge in [-0.25, -0.2) is 0 Å². The lowest BCUT2D eigenvalue weighted by atomic mass is 9.95. The van der Waals surface area contributed by atoms with Crippen LogP contribution in [-0.4, -0.2) is 51.3 Å². The summed E-state index contributed by atoms with van der Waals surface area (Å²) in [7, 11) is 1.71. The zero-order chi connectivity index (χ0) is 16.9. The molecule has 0 aromatic heterocycles. The lowest BCUT2D eigenvalue weighted by molar-refractivity contribution is -0.120. The van der Waals surface area contributed by atoms with Crippen molar-refractivity contribution in [1.82, 2.24) is 16.0 Å². The highest BCUT2D eigenvalue weighted by atomic mass is 127. The first-order chi connectivity index (χ1) is 11.1. The van der Waals surface area contributed by atoms with Crippen molar-refractivity contribution in [3.05, 3.63) is 0 Å². The van der Waals surface area contributed by atoms with Crippen LogP contribution >= 0.6 is 24.0 Å². The number of rotatable bonds is 9. The molecule has 0 unspecified atom stereocenters. The first-order valence-electron chi connectivity index (χ1n) is 8.93. The molecule has 1 rings (SSSR count). The summed E-state index contributed by atoms with van der Waals surface area (Å²) in [4.78, 5) is 16.1. The number of carbonyl (C=O) groups excluding carboxylic acids is 1. The Morgan fingerprint density at radius 1 is 1.21 bits per heavy atom. The third-order valence-electron chi connectivity index (χ3n) is 3.82. The number of guanidine groups is 1. The van der Waals surface area contributed by atoms with Crippen LogP contribution in [0.4, 0.5) is 0 Å². The van der Waals surface area contributed by atoms with Gasteiger partial charge in [-0.3, -0.25) is 9.79 Å². The van der Waals surface area contributed by atoms with Crippen molar-refractivity contribution in [1.29, 1.82) is 0 Å². The van der Waals surface area contributed by atoms with Crippen LogP contribution < -0.4 is 16.0 Å². The van der Waals surface area contributed by atoms with Gasteiger partial charge in [0.15, 0.2) is 5.96 Å². The van der Waals surface area contributed by atoms with E-state index in [9.17, 15) is 4.79 Å². The van der Waals surface area contributed by atoms with E-state index in [2.05, 4.69) is 34.8 Å². The van der Waals surface area contributed by atoms with E-state index >= 15 is 0 Å². The van der Waals surface area contributed by atoms with E-state index in [-0.39, 0.29) is 36.4 Å². The van der Waals surface area contributed by atoms with Gasteiger partial charge in [-0.2, -0.15) is 0 Å². The van der Waals surface area contributed by atoms with Crippen LogP contribution in [0.15, 0.2) is 4.99 Å². The number of amides is 1. The summed E-state index contributed by atoms with van der Waals surface area (Å²) in [5, 5.41) is 9.34. The van der Waals surface area contributed by atoms with Gasteiger partial charge < -0.3 is 20.7 Å². The predicted octanol–water partition coefficient (Wildman–Crippen LogP) is 2.28.